The highest BCUT2D eigenvalue weighted by Crippen LogP contribution is 2.24. The Morgan fingerprint density at radius 1 is 1.38 bits per heavy atom. The standard InChI is InChI=1S/C17H20ClN3O2S/c1-3-6-12-10-15(22)21-17(20-12)24-14(4-2)16(23)19-13-8-5-7-11(18)9-13/h5,7-10,14H,3-4,6H2,1-2H3,(H,19,23)(H,20,21,22). The summed E-state index contributed by atoms with van der Waals surface area (Å²) < 4.78 is 0. The molecule has 1 amide bonds. The molecule has 0 aliphatic heterocycles. The Morgan fingerprint density at radius 2 is 2.17 bits per heavy atom. The predicted octanol–water partition coefficient (Wildman–Crippen LogP) is 3.89. The Balaban J connectivity index is 2.11. The summed E-state index contributed by atoms with van der Waals surface area (Å²) in [6, 6.07) is 8.50. The molecule has 0 aliphatic carbocycles. The Labute approximate surface area is 150 Å². The molecule has 0 fully saturated rings. The number of carbonyl (C=O) groups excluding carboxylic acids is 1. The number of halogens is 1. The lowest BCUT2D eigenvalue weighted by atomic mass is 10.2. The second-order valence-electron chi connectivity index (χ2n) is 5.31. The lowest BCUT2D eigenvalue weighted by Gasteiger charge is -2.14. The van der Waals surface area contributed by atoms with E-state index in [1.807, 2.05) is 13.8 Å². The summed E-state index contributed by atoms with van der Waals surface area (Å²) in [5.41, 5.74) is 1.20. The van der Waals surface area contributed by atoms with Crippen molar-refractivity contribution in [1.82, 2.24) is 9.97 Å². The van der Waals surface area contributed by atoms with Gasteiger partial charge in [0.25, 0.3) is 5.56 Å². The molecular weight excluding hydrogens is 346 g/mol. The minimum absolute atomic E-state index is 0.145. The average molecular weight is 366 g/mol. The van der Waals surface area contributed by atoms with Crippen LogP contribution in [0.2, 0.25) is 5.02 Å². The molecule has 2 rings (SSSR count). The molecule has 2 aromatic rings. The van der Waals surface area contributed by atoms with Crippen LogP contribution in [0.1, 0.15) is 32.4 Å². The quantitative estimate of drug-likeness (QED) is 0.576. The van der Waals surface area contributed by atoms with Crippen molar-refractivity contribution in [3.63, 3.8) is 0 Å². The lowest BCUT2D eigenvalue weighted by molar-refractivity contribution is -0.115. The highest BCUT2D eigenvalue weighted by Gasteiger charge is 2.19. The van der Waals surface area contributed by atoms with Crippen LogP contribution in [0.15, 0.2) is 40.3 Å². The van der Waals surface area contributed by atoms with Gasteiger partial charge in [-0.05, 0) is 31.0 Å². The number of rotatable bonds is 7. The van der Waals surface area contributed by atoms with Crippen LogP contribution in [0.4, 0.5) is 5.69 Å². The third kappa shape index (κ3) is 5.39. The molecule has 128 valence electrons. The second-order valence-corrected chi connectivity index (χ2v) is 6.93. The summed E-state index contributed by atoms with van der Waals surface area (Å²) in [5, 5.41) is 3.52. The summed E-state index contributed by atoms with van der Waals surface area (Å²) in [6.45, 7) is 3.95. The van der Waals surface area contributed by atoms with Crippen molar-refractivity contribution in [3.05, 3.63) is 51.4 Å². The molecule has 0 saturated carbocycles. The molecule has 1 aromatic heterocycles. The van der Waals surface area contributed by atoms with Crippen molar-refractivity contribution in [3.8, 4) is 0 Å². The van der Waals surface area contributed by atoms with Gasteiger partial charge in [0.15, 0.2) is 5.16 Å². The smallest absolute Gasteiger partial charge is 0.251 e. The molecule has 1 atom stereocenters. The van der Waals surface area contributed by atoms with E-state index in [1.165, 1.54) is 17.8 Å². The van der Waals surface area contributed by atoms with E-state index in [9.17, 15) is 9.59 Å². The van der Waals surface area contributed by atoms with Gasteiger partial charge in [0.05, 0.1) is 5.25 Å². The van der Waals surface area contributed by atoms with Gasteiger partial charge in [0.2, 0.25) is 5.91 Å². The Hall–Kier alpha value is -1.79. The van der Waals surface area contributed by atoms with E-state index in [0.717, 1.165) is 18.5 Å². The number of hydrogen-bond donors (Lipinski definition) is 2. The van der Waals surface area contributed by atoms with E-state index >= 15 is 0 Å². The minimum atomic E-state index is -0.357. The van der Waals surface area contributed by atoms with Gasteiger partial charge in [-0.2, -0.15) is 0 Å². The van der Waals surface area contributed by atoms with Crippen molar-refractivity contribution in [2.75, 3.05) is 5.32 Å². The number of benzene rings is 1. The number of aromatic nitrogens is 2. The Kier molecular flexibility index (Phi) is 6.87. The highest BCUT2D eigenvalue weighted by molar-refractivity contribution is 8.00. The Morgan fingerprint density at radius 3 is 2.83 bits per heavy atom. The zero-order valence-electron chi connectivity index (χ0n) is 13.6. The first-order valence-electron chi connectivity index (χ1n) is 7.85. The average Bonchev–Trinajstić information content (AvgIpc) is 2.52. The molecule has 0 spiro atoms. The number of carbonyl (C=O) groups is 1. The summed E-state index contributed by atoms with van der Waals surface area (Å²) in [4.78, 5) is 31.3. The van der Waals surface area contributed by atoms with Crippen molar-refractivity contribution in [1.29, 1.82) is 0 Å². The van der Waals surface area contributed by atoms with E-state index < -0.39 is 0 Å². The fourth-order valence-corrected chi connectivity index (χ4v) is 3.29. The summed E-state index contributed by atoms with van der Waals surface area (Å²) in [5.74, 6) is -0.145. The number of anilines is 1. The van der Waals surface area contributed by atoms with Gasteiger partial charge in [0, 0.05) is 22.5 Å². The molecule has 2 N–H and O–H groups in total. The van der Waals surface area contributed by atoms with Crippen LogP contribution in [-0.2, 0) is 11.2 Å². The van der Waals surface area contributed by atoms with Gasteiger partial charge < -0.3 is 10.3 Å². The molecule has 0 radical (unpaired) electrons. The number of aryl methyl sites for hydroxylation is 1. The maximum Gasteiger partial charge on any atom is 0.251 e. The molecule has 7 heteroatoms. The van der Waals surface area contributed by atoms with Gasteiger partial charge in [-0.15, -0.1) is 0 Å². The zero-order valence-corrected chi connectivity index (χ0v) is 15.2. The van der Waals surface area contributed by atoms with Crippen LogP contribution < -0.4 is 10.9 Å². The van der Waals surface area contributed by atoms with E-state index in [1.54, 1.807) is 24.3 Å². The first-order chi connectivity index (χ1) is 11.5. The van der Waals surface area contributed by atoms with Gasteiger partial charge in [0.1, 0.15) is 0 Å². The molecule has 24 heavy (non-hydrogen) atoms. The SMILES string of the molecule is CCCc1cc(=O)[nH]c(SC(CC)C(=O)Nc2cccc(Cl)c2)n1. The second kappa shape index (κ2) is 8.89. The molecule has 0 bridgehead atoms. The van der Waals surface area contributed by atoms with E-state index in [2.05, 4.69) is 15.3 Å². The van der Waals surface area contributed by atoms with Crippen LogP contribution in [-0.4, -0.2) is 21.1 Å². The van der Waals surface area contributed by atoms with Gasteiger partial charge >= 0.3 is 0 Å². The summed E-state index contributed by atoms with van der Waals surface area (Å²) >= 11 is 7.19. The van der Waals surface area contributed by atoms with Crippen LogP contribution >= 0.6 is 23.4 Å². The number of hydrogen-bond acceptors (Lipinski definition) is 4. The third-order valence-corrected chi connectivity index (χ3v) is 4.77. The van der Waals surface area contributed by atoms with Gasteiger partial charge in [-0.1, -0.05) is 49.7 Å². The molecule has 1 aromatic carbocycles. The zero-order chi connectivity index (χ0) is 17.5. The molecular formula is C17H20ClN3O2S. The number of aromatic amines is 1. The number of amides is 1. The Bertz CT molecular complexity index is 763. The van der Waals surface area contributed by atoms with Crippen molar-refractivity contribution >= 4 is 35.0 Å². The number of nitrogens with one attached hydrogen (secondary N) is 2. The van der Waals surface area contributed by atoms with E-state index in [0.29, 0.717) is 22.3 Å². The predicted molar refractivity (Wildman–Crippen MR) is 98.9 cm³/mol. The fourth-order valence-electron chi connectivity index (χ4n) is 2.17. The van der Waals surface area contributed by atoms with Crippen LogP contribution in [0.5, 0.6) is 0 Å². The lowest BCUT2D eigenvalue weighted by Crippen LogP contribution is -2.25. The molecule has 0 saturated heterocycles. The monoisotopic (exact) mass is 365 g/mol. The minimum Gasteiger partial charge on any atom is -0.325 e. The maximum atomic E-state index is 12.5. The molecule has 5 nitrogen and oxygen atoms in total. The molecule has 1 heterocycles. The maximum absolute atomic E-state index is 12.5. The third-order valence-electron chi connectivity index (χ3n) is 3.29. The van der Waals surface area contributed by atoms with Gasteiger partial charge in [-0.25, -0.2) is 4.98 Å². The van der Waals surface area contributed by atoms with Crippen molar-refractivity contribution in [2.24, 2.45) is 0 Å². The van der Waals surface area contributed by atoms with E-state index in [4.69, 9.17) is 11.6 Å². The first-order valence-corrected chi connectivity index (χ1v) is 9.11. The van der Waals surface area contributed by atoms with E-state index in [-0.39, 0.29) is 16.7 Å². The van der Waals surface area contributed by atoms with Crippen LogP contribution in [0.3, 0.4) is 0 Å². The van der Waals surface area contributed by atoms with Crippen LogP contribution in [0, 0.1) is 0 Å². The molecule has 1 unspecified atom stereocenters. The largest absolute Gasteiger partial charge is 0.325 e. The number of thioether (sulfide) groups is 1. The first kappa shape index (κ1) is 18.5. The van der Waals surface area contributed by atoms with Crippen LogP contribution in [0.25, 0.3) is 0 Å². The highest BCUT2D eigenvalue weighted by atomic mass is 35.5. The summed E-state index contributed by atoms with van der Waals surface area (Å²) in [7, 11) is 0. The van der Waals surface area contributed by atoms with Crippen molar-refractivity contribution < 1.29 is 4.79 Å². The normalized spacial score (nSPS) is 12.0. The molecule has 0 aliphatic rings. The summed E-state index contributed by atoms with van der Waals surface area (Å²) in [6.07, 6.45) is 2.26. The fraction of sp³-hybridized carbons (Fsp3) is 0.353. The number of nitrogens with zero attached hydrogens (tertiary/aromatic N) is 1. The number of H-pyrrole nitrogens is 1. The topological polar surface area (TPSA) is 74.8 Å². The van der Waals surface area contributed by atoms with Crippen molar-refractivity contribution in [2.45, 2.75) is 43.5 Å². The van der Waals surface area contributed by atoms with Gasteiger partial charge in [-0.3, -0.25) is 9.59 Å².